The molecule has 1 amide bonds. The van der Waals surface area contributed by atoms with Crippen molar-refractivity contribution < 1.29 is 18.0 Å². The molecule has 2 N–H and O–H groups in total. The topological polar surface area (TPSA) is 44.4 Å². The molecular weight excluding hydrogens is 235 g/mol. The van der Waals surface area contributed by atoms with Crippen molar-refractivity contribution in [3.05, 3.63) is 0 Å². The number of nitrogens with zero attached hydrogens (tertiary/aromatic N) is 1. The first kappa shape index (κ1) is 14.5. The van der Waals surface area contributed by atoms with Crippen LogP contribution in [-0.4, -0.2) is 50.2 Å². The van der Waals surface area contributed by atoms with Gasteiger partial charge in [0.25, 0.3) is 0 Å². The van der Waals surface area contributed by atoms with Gasteiger partial charge < -0.3 is 10.2 Å². The second kappa shape index (κ2) is 6.14. The van der Waals surface area contributed by atoms with E-state index in [-0.39, 0.29) is 6.54 Å². The Morgan fingerprint density at radius 3 is 2.33 bits per heavy atom. The van der Waals surface area contributed by atoms with Gasteiger partial charge in [-0.25, -0.2) is 4.84 Å². The number of alkyl halides is 3. The molecule has 0 aliphatic carbocycles. The maximum absolute atomic E-state index is 11.8. The van der Waals surface area contributed by atoms with Gasteiger partial charge in [0, 0.05) is 6.54 Å². The molecule has 0 aliphatic rings. The number of likely N-dealkylation sites (N-methyl/N-ethyl adjacent to an activating group) is 1. The molecule has 0 saturated heterocycles. The molecule has 0 bridgehead atoms. The number of nitrogens with one attached hydrogen (secondary N) is 2. The molecule has 1 atom stereocenters. The lowest BCUT2D eigenvalue weighted by molar-refractivity contribution is -0.139. The molecule has 0 aromatic heterocycles. The van der Waals surface area contributed by atoms with Gasteiger partial charge in [0.1, 0.15) is 12.6 Å². The van der Waals surface area contributed by atoms with E-state index in [9.17, 15) is 18.0 Å². The van der Waals surface area contributed by atoms with Gasteiger partial charge in [-0.1, -0.05) is 0 Å². The fraction of sp³-hybridized carbons (Fsp3) is 0.857. The molecule has 15 heavy (non-hydrogen) atoms. The van der Waals surface area contributed by atoms with Crippen molar-refractivity contribution in [1.82, 2.24) is 15.1 Å². The molecule has 0 aromatic rings. The number of amides is 1. The first-order valence-corrected chi connectivity index (χ1v) is 4.49. The van der Waals surface area contributed by atoms with E-state index >= 15 is 0 Å². The van der Waals surface area contributed by atoms with E-state index in [4.69, 9.17) is 11.8 Å². The van der Waals surface area contributed by atoms with Crippen LogP contribution in [0.4, 0.5) is 13.2 Å². The molecule has 1 unspecified atom stereocenters. The van der Waals surface area contributed by atoms with Crippen molar-refractivity contribution in [2.75, 3.05) is 27.2 Å². The summed E-state index contributed by atoms with van der Waals surface area (Å²) in [5, 5.41) is 1.74. The Hall–Kier alpha value is -0.530. The Bertz CT molecular complexity index is 210. The fourth-order valence-corrected chi connectivity index (χ4v) is 1.01. The van der Waals surface area contributed by atoms with Crippen molar-refractivity contribution in [2.24, 2.45) is 0 Å². The molecule has 0 saturated carbocycles. The zero-order chi connectivity index (χ0) is 12.1. The average Bonchev–Trinajstić information content (AvgIpc) is 2.08. The largest absolute Gasteiger partial charge is 0.405 e. The summed E-state index contributed by atoms with van der Waals surface area (Å²) in [5.41, 5.74) is 0. The predicted octanol–water partition coefficient (Wildman–Crippen LogP) is 0.338. The smallest absolute Gasteiger partial charge is 0.346 e. The second-order valence-corrected chi connectivity index (χ2v) is 3.48. The number of rotatable bonds is 5. The summed E-state index contributed by atoms with van der Waals surface area (Å²) in [6, 6.07) is -0.871. The molecule has 0 spiro atoms. The van der Waals surface area contributed by atoms with Gasteiger partial charge >= 0.3 is 6.18 Å². The van der Waals surface area contributed by atoms with Crippen LogP contribution in [0.2, 0.25) is 0 Å². The highest BCUT2D eigenvalue weighted by atomic mass is 35.5. The van der Waals surface area contributed by atoms with Crippen molar-refractivity contribution >= 4 is 17.7 Å². The highest BCUT2D eigenvalue weighted by molar-refractivity contribution is 6.15. The predicted molar refractivity (Wildman–Crippen MR) is 50.4 cm³/mol. The van der Waals surface area contributed by atoms with E-state index in [1.165, 1.54) is 0 Å². The number of hydrogen-bond acceptors (Lipinski definition) is 3. The zero-order valence-electron chi connectivity index (χ0n) is 8.36. The van der Waals surface area contributed by atoms with E-state index in [1.807, 2.05) is 0 Å². The van der Waals surface area contributed by atoms with Gasteiger partial charge in [-0.2, -0.15) is 13.2 Å². The lowest BCUT2D eigenvalue weighted by atomic mass is 10.3. The van der Waals surface area contributed by atoms with Crippen molar-refractivity contribution in [3.63, 3.8) is 0 Å². The van der Waals surface area contributed by atoms with Crippen LogP contribution in [0.1, 0.15) is 0 Å². The number of carbonyl (C=O) groups is 1. The molecule has 4 nitrogen and oxygen atoms in total. The minimum absolute atomic E-state index is 0.215. The summed E-state index contributed by atoms with van der Waals surface area (Å²) in [6.45, 7) is -1.14. The maximum Gasteiger partial charge on any atom is 0.405 e. The minimum atomic E-state index is -4.41. The molecule has 0 aliphatic heterocycles. The molecule has 0 fully saturated rings. The normalized spacial score (nSPS) is 14.1. The van der Waals surface area contributed by atoms with Gasteiger partial charge in [0.15, 0.2) is 0 Å². The Balaban J connectivity index is 4.05. The third kappa shape index (κ3) is 7.40. The molecule has 8 heteroatoms. The van der Waals surface area contributed by atoms with Crippen LogP contribution in [0.15, 0.2) is 0 Å². The molecule has 90 valence electrons. The van der Waals surface area contributed by atoms with Gasteiger partial charge in [-0.15, -0.1) is 0 Å². The van der Waals surface area contributed by atoms with Crippen LogP contribution in [0.5, 0.6) is 0 Å². The van der Waals surface area contributed by atoms with E-state index in [0.29, 0.717) is 0 Å². The fourth-order valence-electron chi connectivity index (χ4n) is 0.843. The zero-order valence-corrected chi connectivity index (χ0v) is 9.11. The molecule has 0 rings (SSSR count). The van der Waals surface area contributed by atoms with Gasteiger partial charge in [-0.3, -0.25) is 4.79 Å². The molecule has 0 radical (unpaired) electrons. The van der Waals surface area contributed by atoms with Crippen molar-refractivity contribution in [2.45, 2.75) is 12.2 Å². The van der Waals surface area contributed by atoms with Crippen molar-refractivity contribution in [3.8, 4) is 0 Å². The highest BCUT2D eigenvalue weighted by Gasteiger charge is 2.29. The molecular formula is C7H13ClF3N3O. The van der Waals surface area contributed by atoms with Crippen LogP contribution in [-0.2, 0) is 4.79 Å². The summed E-state index contributed by atoms with van der Waals surface area (Å²) < 4.78 is 35.3. The standard InChI is InChI=1S/C7H13ClF3N3O/c1-14(2)3-5(13-8)6(15)12-4-7(9,10)11/h5,13H,3-4H2,1-2H3,(H,12,15). The summed E-state index contributed by atoms with van der Waals surface area (Å²) >= 11 is 5.24. The Morgan fingerprint density at radius 2 is 2.00 bits per heavy atom. The van der Waals surface area contributed by atoms with Gasteiger partial charge in [-0.05, 0) is 25.9 Å². The Morgan fingerprint density at radius 1 is 1.47 bits per heavy atom. The SMILES string of the molecule is CN(C)CC(NCl)C(=O)NCC(F)(F)F. The van der Waals surface area contributed by atoms with Crippen molar-refractivity contribution in [1.29, 1.82) is 0 Å². The summed E-state index contributed by atoms with van der Waals surface area (Å²) in [5.74, 6) is -0.781. The van der Waals surface area contributed by atoms with E-state index in [1.54, 1.807) is 24.3 Å². The second-order valence-electron chi connectivity index (χ2n) is 3.26. The summed E-state index contributed by atoms with van der Waals surface area (Å²) in [7, 11) is 3.36. The van der Waals surface area contributed by atoms with Gasteiger partial charge in [0.2, 0.25) is 5.91 Å². The first-order valence-electron chi connectivity index (χ1n) is 4.11. The van der Waals surface area contributed by atoms with Crippen LogP contribution in [0, 0.1) is 0 Å². The molecule has 0 aromatic carbocycles. The summed E-state index contributed by atoms with van der Waals surface area (Å²) in [4.78, 5) is 14.9. The van der Waals surface area contributed by atoms with E-state index in [2.05, 4.69) is 4.84 Å². The summed E-state index contributed by atoms with van der Waals surface area (Å²) in [6.07, 6.45) is -4.41. The highest BCUT2D eigenvalue weighted by Crippen LogP contribution is 2.12. The average molecular weight is 248 g/mol. The minimum Gasteiger partial charge on any atom is -0.346 e. The van der Waals surface area contributed by atoms with Crippen LogP contribution >= 0.6 is 11.8 Å². The number of carbonyl (C=O) groups excluding carboxylic acids is 1. The van der Waals surface area contributed by atoms with Crippen LogP contribution in [0.3, 0.4) is 0 Å². The third-order valence-electron chi connectivity index (χ3n) is 1.46. The Labute approximate surface area is 90.9 Å². The third-order valence-corrected chi connectivity index (χ3v) is 1.72. The first-order chi connectivity index (χ1) is 6.76. The van der Waals surface area contributed by atoms with Gasteiger partial charge in [0.05, 0.1) is 0 Å². The quantitative estimate of drug-likeness (QED) is 0.689. The number of halogens is 4. The number of hydrogen-bond donors (Lipinski definition) is 2. The molecule has 0 heterocycles. The Kier molecular flexibility index (Phi) is 5.92. The van der Waals surface area contributed by atoms with E-state index < -0.39 is 24.7 Å². The monoisotopic (exact) mass is 247 g/mol. The lowest BCUT2D eigenvalue weighted by Gasteiger charge is -2.19. The lowest BCUT2D eigenvalue weighted by Crippen LogP contribution is -2.48. The maximum atomic E-state index is 11.8. The van der Waals surface area contributed by atoms with Crippen LogP contribution in [0.25, 0.3) is 0 Å². The van der Waals surface area contributed by atoms with E-state index in [0.717, 1.165) is 0 Å². The van der Waals surface area contributed by atoms with Crippen LogP contribution < -0.4 is 10.2 Å².